The molecule has 0 radical (unpaired) electrons. The number of nitrogens with zero attached hydrogens (tertiary/aromatic N) is 2. The molecule has 1 unspecified atom stereocenters. The van der Waals surface area contributed by atoms with Gasteiger partial charge >= 0.3 is 5.97 Å². The molecule has 1 rings (SSSR count). The van der Waals surface area contributed by atoms with Crippen LogP contribution in [0.25, 0.3) is 0 Å². The largest absolute Gasteiger partial charge is 0.464 e. The van der Waals surface area contributed by atoms with Gasteiger partial charge in [-0.3, -0.25) is 9.59 Å². The van der Waals surface area contributed by atoms with Gasteiger partial charge in [-0.15, -0.1) is 0 Å². The van der Waals surface area contributed by atoms with Crippen molar-refractivity contribution in [3.05, 3.63) is 22.5 Å². The van der Waals surface area contributed by atoms with Crippen molar-refractivity contribution in [2.24, 2.45) is 7.05 Å². The molecule has 0 spiro atoms. The molecule has 6 heteroatoms. The number of hydrogen-bond donors (Lipinski definition) is 0. The lowest BCUT2D eigenvalue weighted by molar-refractivity contribution is -0.131. The van der Waals surface area contributed by atoms with Crippen molar-refractivity contribution < 1.29 is 19.1 Å². The van der Waals surface area contributed by atoms with Gasteiger partial charge in [0.15, 0.2) is 5.78 Å². The van der Waals surface area contributed by atoms with Crippen LogP contribution in [0.1, 0.15) is 59.8 Å². The van der Waals surface area contributed by atoms with Gasteiger partial charge in [0, 0.05) is 31.3 Å². The minimum Gasteiger partial charge on any atom is -0.464 e. The fourth-order valence-corrected chi connectivity index (χ4v) is 3.15. The lowest BCUT2D eigenvalue weighted by Gasteiger charge is -2.31. The maximum Gasteiger partial charge on any atom is 0.354 e. The maximum atomic E-state index is 13.0. The topological polar surface area (TPSA) is 68.6 Å². The highest BCUT2D eigenvalue weighted by molar-refractivity contribution is 6.06. The van der Waals surface area contributed by atoms with Crippen molar-refractivity contribution in [3.63, 3.8) is 0 Å². The number of methoxy groups -OCH3 is 1. The molecule has 0 bridgehead atoms. The van der Waals surface area contributed by atoms with Gasteiger partial charge in [-0.1, -0.05) is 0 Å². The summed E-state index contributed by atoms with van der Waals surface area (Å²) in [6, 6.07) is -0.686. The molecular formula is C17H26N2O4. The van der Waals surface area contributed by atoms with E-state index in [-0.39, 0.29) is 17.7 Å². The van der Waals surface area contributed by atoms with Gasteiger partial charge in [-0.25, -0.2) is 4.79 Å². The molecule has 0 aliphatic rings. The number of esters is 1. The van der Waals surface area contributed by atoms with Gasteiger partial charge in [-0.2, -0.15) is 0 Å². The molecule has 1 atom stereocenters. The summed E-state index contributed by atoms with van der Waals surface area (Å²) < 4.78 is 6.46. The number of ketones is 1. The molecule has 0 saturated heterocycles. The van der Waals surface area contributed by atoms with Crippen LogP contribution in [-0.4, -0.2) is 46.3 Å². The summed E-state index contributed by atoms with van der Waals surface area (Å²) in [6.07, 6.45) is 0. The van der Waals surface area contributed by atoms with Crippen molar-refractivity contribution in [2.45, 2.75) is 53.6 Å². The van der Waals surface area contributed by atoms with Crippen LogP contribution in [0.4, 0.5) is 0 Å². The average molecular weight is 322 g/mol. The van der Waals surface area contributed by atoms with Crippen molar-refractivity contribution in [3.8, 4) is 0 Å². The van der Waals surface area contributed by atoms with Gasteiger partial charge in [0.2, 0.25) is 5.91 Å². The van der Waals surface area contributed by atoms with Crippen LogP contribution in [0.3, 0.4) is 0 Å². The summed E-state index contributed by atoms with van der Waals surface area (Å²) in [5, 5.41) is 0. The Morgan fingerprint density at radius 2 is 1.65 bits per heavy atom. The first kappa shape index (κ1) is 18.9. The highest BCUT2D eigenvalue weighted by Gasteiger charge is 2.32. The summed E-state index contributed by atoms with van der Waals surface area (Å²) in [6.45, 7) is 10.4. The Kier molecular flexibility index (Phi) is 5.75. The lowest BCUT2D eigenvalue weighted by Crippen LogP contribution is -2.46. The number of Topliss-reactive ketones (excluding diaryl/α,β-unsaturated/α-hetero) is 1. The molecule has 6 nitrogen and oxygen atoms in total. The van der Waals surface area contributed by atoms with Crippen LogP contribution in [0.15, 0.2) is 0 Å². The average Bonchev–Trinajstić information content (AvgIpc) is 2.67. The van der Waals surface area contributed by atoms with Gasteiger partial charge in [0.25, 0.3) is 0 Å². The Morgan fingerprint density at radius 1 is 1.13 bits per heavy atom. The van der Waals surface area contributed by atoms with E-state index < -0.39 is 12.0 Å². The van der Waals surface area contributed by atoms with Crippen LogP contribution in [0, 0.1) is 13.8 Å². The summed E-state index contributed by atoms with van der Waals surface area (Å²) in [5.74, 6) is -0.804. The first-order valence-electron chi connectivity index (χ1n) is 7.63. The molecule has 0 saturated carbocycles. The van der Waals surface area contributed by atoms with Crippen LogP contribution >= 0.6 is 0 Å². The summed E-state index contributed by atoms with van der Waals surface area (Å²) in [5.41, 5.74) is 2.11. The molecule has 0 N–H and O–H groups in total. The van der Waals surface area contributed by atoms with E-state index in [0.29, 0.717) is 22.5 Å². The number of rotatable bonds is 5. The monoisotopic (exact) mass is 322 g/mol. The third-order valence-corrected chi connectivity index (χ3v) is 4.27. The van der Waals surface area contributed by atoms with E-state index in [1.165, 1.54) is 14.0 Å². The number of carbonyl (C=O) groups is 3. The molecular weight excluding hydrogens is 296 g/mol. The minimum absolute atomic E-state index is 0.0872. The van der Waals surface area contributed by atoms with Crippen molar-refractivity contribution >= 4 is 17.7 Å². The predicted octanol–water partition coefficient (Wildman–Crippen LogP) is 2.26. The summed E-state index contributed by atoms with van der Waals surface area (Å²) >= 11 is 0. The molecule has 0 aliphatic heterocycles. The standard InChI is InChI=1S/C17H26N2O4/c1-9(2)19(13(6)20)12(5)16(21)14-10(3)15(17(22)23-8)18(7)11(14)4/h9,12H,1-8H3. The van der Waals surface area contributed by atoms with E-state index in [2.05, 4.69) is 0 Å². The Balaban J connectivity index is 3.39. The molecule has 1 aromatic heterocycles. The van der Waals surface area contributed by atoms with E-state index >= 15 is 0 Å². The van der Waals surface area contributed by atoms with E-state index in [9.17, 15) is 14.4 Å². The molecule has 0 aliphatic carbocycles. The molecule has 1 amide bonds. The quantitative estimate of drug-likeness (QED) is 0.616. The highest BCUT2D eigenvalue weighted by atomic mass is 16.5. The molecule has 0 fully saturated rings. The first-order valence-corrected chi connectivity index (χ1v) is 7.63. The first-order chi connectivity index (χ1) is 10.6. The van der Waals surface area contributed by atoms with Crippen LogP contribution in [0.5, 0.6) is 0 Å². The third kappa shape index (κ3) is 3.30. The van der Waals surface area contributed by atoms with E-state index in [1.54, 1.807) is 37.3 Å². The summed E-state index contributed by atoms with van der Waals surface area (Å²) in [4.78, 5) is 38.3. The minimum atomic E-state index is -0.599. The van der Waals surface area contributed by atoms with Gasteiger partial charge in [0.05, 0.1) is 13.2 Å². The van der Waals surface area contributed by atoms with E-state index in [1.807, 2.05) is 13.8 Å². The zero-order valence-electron chi connectivity index (χ0n) is 15.2. The second-order valence-electron chi connectivity index (χ2n) is 6.04. The highest BCUT2D eigenvalue weighted by Crippen LogP contribution is 2.25. The lowest BCUT2D eigenvalue weighted by atomic mass is 9.99. The van der Waals surface area contributed by atoms with Gasteiger partial charge in [-0.05, 0) is 40.2 Å². The second kappa shape index (κ2) is 6.98. The number of amides is 1. The maximum absolute atomic E-state index is 13.0. The number of hydrogen-bond acceptors (Lipinski definition) is 4. The number of carbonyl (C=O) groups excluding carboxylic acids is 3. The van der Waals surface area contributed by atoms with E-state index in [4.69, 9.17) is 4.74 Å². The van der Waals surface area contributed by atoms with Crippen LogP contribution in [-0.2, 0) is 16.6 Å². The van der Waals surface area contributed by atoms with Crippen LogP contribution in [0.2, 0.25) is 0 Å². The SMILES string of the molecule is COC(=O)c1c(C)c(C(=O)C(C)N(C(C)=O)C(C)C)c(C)n1C. The van der Waals surface area contributed by atoms with Crippen molar-refractivity contribution in [1.82, 2.24) is 9.47 Å². The Bertz CT molecular complexity index is 644. The van der Waals surface area contributed by atoms with Gasteiger partial charge in [0.1, 0.15) is 5.69 Å². The number of ether oxygens (including phenoxy) is 1. The van der Waals surface area contributed by atoms with E-state index in [0.717, 1.165) is 0 Å². The molecule has 0 aromatic carbocycles. The second-order valence-corrected chi connectivity index (χ2v) is 6.04. The van der Waals surface area contributed by atoms with Crippen LogP contribution < -0.4 is 0 Å². The summed E-state index contributed by atoms with van der Waals surface area (Å²) in [7, 11) is 3.03. The van der Waals surface area contributed by atoms with Crippen molar-refractivity contribution in [1.29, 1.82) is 0 Å². The predicted molar refractivity (Wildman–Crippen MR) is 87.7 cm³/mol. The molecule has 128 valence electrons. The Hall–Kier alpha value is -2.11. The third-order valence-electron chi connectivity index (χ3n) is 4.27. The number of aromatic nitrogens is 1. The Morgan fingerprint density at radius 3 is 2.04 bits per heavy atom. The fourth-order valence-electron chi connectivity index (χ4n) is 3.15. The molecule has 1 aromatic rings. The van der Waals surface area contributed by atoms with Crippen molar-refractivity contribution in [2.75, 3.05) is 7.11 Å². The zero-order chi connectivity index (χ0) is 18.1. The molecule has 23 heavy (non-hydrogen) atoms. The fraction of sp³-hybridized carbons (Fsp3) is 0.588. The normalized spacial score (nSPS) is 12.2. The molecule has 1 heterocycles. The van der Waals surface area contributed by atoms with Gasteiger partial charge < -0.3 is 14.2 Å². The zero-order valence-corrected chi connectivity index (χ0v) is 15.2. The smallest absolute Gasteiger partial charge is 0.354 e. The Labute approximate surface area is 137 Å².